The highest BCUT2D eigenvalue weighted by Gasteiger charge is 2.18. The van der Waals surface area contributed by atoms with Crippen LogP contribution >= 0.6 is 0 Å². The molecule has 0 fully saturated rings. The molecule has 0 aliphatic heterocycles. The summed E-state index contributed by atoms with van der Waals surface area (Å²) in [7, 11) is 0. The highest BCUT2D eigenvalue weighted by atomic mass is 19.2. The zero-order chi connectivity index (χ0) is 13.0. The molecule has 3 N–H and O–H groups in total. The SMILES string of the molecule is CCC(CN)C(=O)Nc1cc(F)cc(F)c1F. The number of anilines is 1. The average molecular weight is 246 g/mol. The zero-order valence-electron chi connectivity index (χ0n) is 9.27. The molecule has 0 aliphatic carbocycles. The van der Waals surface area contributed by atoms with Gasteiger partial charge in [-0.2, -0.15) is 0 Å². The second-order valence-electron chi connectivity index (χ2n) is 3.58. The van der Waals surface area contributed by atoms with E-state index in [-0.39, 0.29) is 6.54 Å². The molecule has 1 unspecified atom stereocenters. The average Bonchev–Trinajstić information content (AvgIpc) is 2.27. The van der Waals surface area contributed by atoms with Gasteiger partial charge in [0.25, 0.3) is 0 Å². The van der Waals surface area contributed by atoms with Crippen molar-refractivity contribution in [3.8, 4) is 0 Å². The van der Waals surface area contributed by atoms with Crippen molar-refractivity contribution in [2.75, 3.05) is 11.9 Å². The molecule has 94 valence electrons. The van der Waals surface area contributed by atoms with Gasteiger partial charge in [0.05, 0.1) is 11.6 Å². The number of benzene rings is 1. The van der Waals surface area contributed by atoms with Gasteiger partial charge in [0.2, 0.25) is 5.91 Å². The third kappa shape index (κ3) is 3.20. The van der Waals surface area contributed by atoms with Crippen LogP contribution in [0, 0.1) is 23.4 Å². The molecule has 17 heavy (non-hydrogen) atoms. The maximum Gasteiger partial charge on any atom is 0.228 e. The molecule has 1 aromatic carbocycles. The van der Waals surface area contributed by atoms with Crippen molar-refractivity contribution < 1.29 is 18.0 Å². The molecule has 0 aromatic heterocycles. The monoisotopic (exact) mass is 246 g/mol. The van der Waals surface area contributed by atoms with Gasteiger partial charge in [0, 0.05) is 18.7 Å². The molecule has 1 atom stereocenters. The van der Waals surface area contributed by atoms with Crippen LogP contribution in [0.4, 0.5) is 18.9 Å². The van der Waals surface area contributed by atoms with Crippen molar-refractivity contribution in [3.63, 3.8) is 0 Å². The van der Waals surface area contributed by atoms with Crippen molar-refractivity contribution in [1.29, 1.82) is 0 Å². The Hall–Kier alpha value is -1.56. The van der Waals surface area contributed by atoms with Crippen molar-refractivity contribution in [3.05, 3.63) is 29.6 Å². The van der Waals surface area contributed by atoms with E-state index < -0.39 is 35.0 Å². The van der Waals surface area contributed by atoms with Gasteiger partial charge >= 0.3 is 0 Å². The molecule has 6 heteroatoms. The molecule has 1 aromatic rings. The number of hydrogen-bond acceptors (Lipinski definition) is 2. The molecular weight excluding hydrogens is 233 g/mol. The van der Waals surface area contributed by atoms with Crippen LogP contribution < -0.4 is 11.1 Å². The lowest BCUT2D eigenvalue weighted by Crippen LogP contribution is -2.29. The largest absolute Gasteiger partial charge is 0.330 e. The Morgan fingerprint density at radius 2 is 2.06 bits per heavy atom. The minimum absolute atomic E-state index is 0.0851. The molecule has 0 heterocycles. The summed E-state index contributed by atoms with van der Waals surface area (Å²) in [4.78, 5) is 11.5. The molecule has 0 bridgehead atoms. The van der Waals surface area contributed by atoms with Crippen molar-refractivity contribution in [2.24, 2.45) is 11.7 Å². The van der Waals surface area contributed by atoms with Crippen molar-refractivity contribution in [2.45, 2.75) is 13.3 Å². The lowest BCUT2D eigenvalue weighted by molar-refractivity contribution is -0.119. The van der Waals surface area contributed by atoms with Gasteiger partial charge in [-0.1, -0.05) is 6.92 Å². The van der Waals surface area contributed by atoms with E-state index in [1.54, 1.807) is 6.92 Å². The number of carbonyl (C=O) groups excluding carboxylic acids is 1. The Kier molecular flexibility index (Phi) is 4.51. The first-order chi connectivity index (χ1) is 7.99. The topological polar surface area (TPSA) is 55.1 Å². The van der Waals surface area contributed by atoms with Crippen LogP contribution in [0.25, 0.3) is 0 Å². The predicted molar refractivity (Wildman–Crippen MR) is 57.8 cm³/mol. The number of hydrogen-bond donors (Lipinski definition) is 2. The summed E-state index contributed by atoms with van der Waals surface area (Å²) in [5.74, 6) is -4.66. The van der Waals surface area contributed by atoms with Gasteiger partial charge in [-0.3, -0.25) is 4.79 Å². The second kappa shape index (κ2) is 5.67. The molecule has 0 saturated heterocycles. The lowest BCUT2D eigenvalue weighted by atomic mass is 10.1. The molecular formula is C11H13F3N2O. The van der Waals surface area contributed by atoms with Crippen LogP contribution in [0.15, 0.2) is 12.1 Å². The standard InChI is InChI=1S/C11H13F3N2O/c1-2-6(5-15)11(17)16-9-4-7(12)3-8(13)10(9)14/h3-4,6H,2,5,15H2,1H3,(H,16,17). The summed E-state index contributed by atoms with van der Waals surface area (Å²) in [5, 5.41) is 2.12. The summed E-state index contributed by atoms with van der Waals surface area (Å²) in [6, 6.07) is 1.13. The molecule has 3 nitrogen and oxygen atoms in total. The van der Waals surface area contributed by atoms with E-state index in [1.807, 2.05) is 0 Å². The first kappa shape index (κ1) is 13.5. The fourth-order valence-corrected chi connectivity index (χ4v) is 1.34. The quantitative estimate of drug-likeness (QED) is 0.798. The van der Waals surface area contributed by atoms with Crippen LogP contribution in [-0.2, 0) is 4.79 Å². The number of rotatable bonds is 4. The van der Waals surface area contributed by atoms with E-state index in [1.165, 1.54) is 0 Å². The third-order valence-corrected chi connectivity index (χ3v) is 2.40. The Morgan fingerprint density at radius 3 is 2.59 bits per heavy atom. The van der Waals surface area contributed by atoms with E-state index in [9.17, 15) is 18.0 Å². The third-order valence-electron chi connectivity index (χ3n) is 2.40. The van der Waals surface area contributed by atoms with Gasteiger partial charge in [0.15, 0.2) is 11.6 Å². The van der Waals surface area contributed by atoms with Crippen LogP contribution in [0.1, 0.15) is 13.3 Å². The summed E-state index contributed by atoms with van der Waals surface area (Å²) in [6.07, 6.45) is 0.460. The van der Waals surface area contributed by atoms with E-state index in [0.29, 0.717) is 12.5 Å². The molecule has 0 aliphatic rings. The first-order valence-electron chi connectivity index (χ1n) is 5.15. The fraction of sp³-hybridized carbons (Fsp3) is 0.364. The van der Waals surface area contributed by atoms with Crippen LogP contribution in [0.3, 0.4) is 0 Å². The molecule has 0 saturated carbocycles. The minimum atomic E-state index is -1.35. The summed E-state index contributed by atoms with van der Waals surface area (Å²) in [5.41, 5.74) is 4.82. The van der Waals surface area contributed by atoms with E-state index in [0.717, 1.165) is 6.07 Å². The molecule has 0 spiro atoms. The summed E-state index contributed by atoms with van der Waals surface area (Å²) < 4.78 is 38.9. The Bertz CT molecular complexity index is 419. The van der Waals surface area contributed by atoms with Crippen molar-refractivity contribution >= 4 is 11.6 Å². The number of amides is 1. The predicted octanol–water partition coefficient (Wildman–Crippen LogP) is 2.03. The second-order valence-corrected chi connectivity index (χ2v) is 3.58. The zero-order valence-corrected chi connectivity index (χ0v) is 9.27. The van der Waals surface area contributed by atoms with E-state index in [2.05, 4.69) is 5.32 Å². The maximum absolute atomic E-state index is 13.2. The number of nitrogens with one attached hydrogen (secondary N) is 1. The van der Waals surface area contributed by atoms with Crippen LogP contribution in [0.5, 0.6) is 0 Å². The van der Waals surface area contributed by atoms with Gasteiger partial charge < -0.3 is 11.1 Å². The highest BCUT2D eigenvalue weighted by Crippen LogP contribution is 2.20. The van der Waals surface area contributed by atoms with Gasteiger partial charge in [-0.05, 0) is 6.42 Å². The smallest absolute Gasteiger partial charge is 0.228 e. The van der Waals surface area contributed by atoms with Crippen LogP contribution in [0.2, 0.25) is 0 Å². The van der Waals surface area contributed by atoms with E-state index in [4.69, 9.17) is 5.73 Å². The first-order valence-corrected chi connectivity index (χ1v) is 5.15. The van der Waals surface area contributed by atoms with E-state index >= 15 is 0 Å². The number of nitrogens with two attached hydrogens (primary N) is 1. The molecule has 1 rings (SSSR count). The minimum Gasteiger partial charge on any atom is -0.330 e. The molecule has 1 amide bonds. The summed E-state index contributed by atoms with van der Waals surface area (Å²) >= 11 is 0. The van der Waals surface area contributed by atoms with Gasteiger partial charge in [-0.15, -0.1) is 0 Å². The Balaban J connectivity index is 2.92. The lowest BCUT2D eigenvalue weighted by Gasteiger charge is -2.13. The molecule has 0 radical (unpaired) electrons. The Labute approximate surface area is 96.8 Å². The maximum atomic E-state index is 13.2. The number of carbonyl (C=O) groups is 1. The van der Waals surface area contributed by atoms with Gasteiger partial charge in [-0.25, -0.2) is 13.2 Å². The highest BCUT2D eigenvalue weighted by molar-refractivity contribution is 5.92. The van der Waals surface area contributed by atoms with Crippen molar-refractivity contribution in [1.82, 2.24) is 0 Å². The Morgan fingerprint density at radius 1 is 1.41 bits per heavy atom. The van der Waals surface area contributed by atoms with Gasteiger partial charge in [0.1, 0.15) is 5.82 Å². The summed E-state index contributed by atoms with van der Waals surface area (Å²) in [6.45, 7) is 1.82. The normalized spacial score (nSPS) is 12.3. The fourth-order valence-electron chi connectivity index (χ4n) is 1.34. The number of halogens is 3. The van der Waals surface area contributed by atoms with Crippen LogP contribution in [-0.4, -0.2) is 12.5 Å².